The van der Waals surface area contributed by atoms with Crippen molar-refractivity contribution < 1.29 is 4.42 Å². The van der Waals surface area contributed by atoms with Crippen LogP contribution in [0.1, 0.15) is 37.1 Å². The van der Waals surface area contributed by atoms with Gasteiger partial charge in [0.1, 0.15) is 11.2 Å². The highest BCUT2D eigenvalue weighted by molar-refractivity contribution is 6.06. The summed E-state index contributed by atoms with van der Waals surface area (Å²) < 4.78 is 5.98. The molecule has 0 aliphatic heterocycles. The molecule has 5 heteroatoms. The summed E-state index contributed by atoms with van der Waals surface area (Å²) >= 11 is 0. The molecule has 5 aromatic rings. The van der Waals surface area contributed by atoms with E-state index in [1.54, 1.807) is 0 Å². The highest BCUT2D eigenvalue weighted by Crippen LogP contribution is 2.37. The van der Waals surface area contributed by atoms with Gasteiger partial charge in [0.15, 0.2) is 0 Å². The second kappa shape index (κ2) is 8.62. The minimum atomic E-state index is -0.158. The molecule has 4 aromatic carbocycles. The summed E-state index contributed by atoms with van der Waals surface area (Å²) in [5.41, 5.74) is 20.4. The molecule has 2 unspecified atom stereocenters. The third-order valence-corrected chi connectivity index (χ3v) is 5.91. The van der Waals surface area contributed by atoms with Crippen LogP contribution in [0.5, 0.6) is 0 Å². The second-order valence-corrected chi connectivity index (χ2v) is 8.53. The zero-order chi connectivity index (χ0) is 22.9. The molecule has 5 nitrogen and oxygen atoms in total. The Balaban J connectivity index is 1.58. The number of nitrogens with two attached hydrogens (primary N) is 2. The van der Waals surface area contributed by atoms with Crippen molar-refractivity contribution >= 4 is 44.7 Å². The number of furan rings is 1. The van der Waals surface area contributed by atoms with Crippen LogP contribution in [0.15, 0.2) is 89.3 Å². The Labute approximate surface area is 193 Å². The van der Waals surface area contributed by atoms with Crippen LogP contribution in [-0.4, -0.2) is 0 Å². The van der Waals surface area contributed by atoms with Gasteiger partial charge in [0.05, 0.1) is 0 Å². The van der Waals surface area contributed by atoms with Gasteiger partial charge in [0.25, 0.3) is 0 Å². The molecule has 0 saturated carbocycles. The molecule has 0 saturated heterocycles. The Morgan fingerprint density at radius 1 is 0.606 bits per heavy atom. The maximum atomic E-state index is 6.37. The van der Waals surface area contributed by atoms with Crippen LogP contribution in [0.3, 0.4) is 0 Å². The molecule has 5 rings (SSSR count). The third kappa shape index (κ3) is 4.16. The van der Waals surface area contributed by atoms with Crippen LogP contribution in [0.2, 0.25) is 0 Å². The number of anilines is 4. The predicted octanol–water partition coefficient (Wildman–Crippen LogP) is 7.11. The molecule has 0 amide bonds. The van der Waals surface area contributed by atoms with Crippen molar-refractivity contribution in [1.29, 1.82) is 0 Å². The van der Waals surface area contributed by atoms with E-state index in [2.05, 4.69) is 34.9 Å². The molecule has 0 aliphatic rings. The van der Waals surface area contributed by atoms with Crippen molar-refractivity contribution in [1.82, 2.24) is 0 Å². The maximum Gasteiger partial charge on any atom is 0.135 e. The number of nitrogens with one attached hydrogen (secondary N) is 2. The number of para-hydroxylation sites is 2. The molecule has 1 heterocycles. The molecule has 0 aliphatic carbocycles. The van der Waals surface area contributed by atoms with Gasteiger partial charge in [-0.25, -0.2) is 0 Å². The van der Waals surface area contributed by atoms with E-state index in [9.17, 15) is 0 Å². The van der Waals surface area contributed by atoms with E-state index in [0.29, 0.717) is 0 Å². The standard InChI is InChI=1S/C28H28N4O/c1-17(29)22-15-23(18(2)30)26(16-25(22)31-19-8-4-3-5-9-19)32-20-12-13-28-24(14-20)21-10-6-7-11-27(21)33-28/h3-18,31-32H,29-30H2,1-2H3. The van der Waals surface area contributed by atoms with E-state index in [1.165, 1.54) is 0 Å². The summed E-state index contributed by atoms with van der Waals surface area (Å²) in [4.78, 5) is 0. The van der Waals surface area contributed by atoms with Gasteiger partial charge in [0.2, 0.25) is 0 Å². The molecule has 0 radical (unpaired) electrons. The first-order chi connectivity index (χ1) is 16.0. The van der Waals surface area contributed by atoms with Gasteiger partial charge in [0, 0.05) is 45.6 Å². The smallest absolute Gasteiger partial charge is 0.135 e. The molecule has 0 spiro atoms. The first-order valence-corrected chi connectivity index (χ1v) is 11.2. The topological polar surface area (TPSA) is 89.2 Å². The lowest BCUT2D eigenvalue weighted by molar-refractivity contribution is 0.669. The van der Waals surface area contributed by atoms with Gasteiger partial charge in [-0.3, -0.25) is 0 Å². The third-order valence-electron chi connectivity index (χ3n) is 5.91. The highest BCUT2D eigenvalue weighted by atomic mass is 16.3. The first-order valence-electron chi connectivity index (χ1n) is 11.2. The molecule has 0 bridgehead atoms. The van der Waals surface area contributed by atoms with E-state index in [-0.39, 0.29) is 12.1 Å². The van der Waals surface area contributed by atoms with Gasteiger partial charge < -0.3 is 26.5 Å². The average molecular weight is 437 g/mol. The SMILES string of the molecule is CC(N)c1cc(C(C)N)c(Nc2ccc3oc4ccccc4c3c2)cc1Nc1ccccc1. The van der Waals surface area contributed by atoms with Crippen molar-refractivity contribution in [2.24, 2.45) is 11.5 Å². The van der Waals surface area contributed by atoms with Gasteiger partial charge in [-0.2, -0.15) is 0 Å². The normalized spacial score (nSPS) is 13.2. The average Bonchev–Trinajstić information content (AvgIpc) is 3.17. The number of hydrogen-bond donors (Lipinski definition) is 4. The van der Waals surface area contributed by atoms with Crippen molar-refractivity contribution in [3.63, 3.8) is 0 Å². The van der Waals surface area contributed by atoms with Gasteiger partial charge in [-0.05, 0) is 73.5 Å². The molecule has 166 valence electrons. The molecule has 0 fully saturated rings. The van der Waals surface area contributed by atoms with Crippen molar-refractivity contribution in [2.45, 2.75) is 25.9 Å². The summed E-state index contributed by atoms with van der Waals surface area (Å²) in [7, 11) is 0. The van der Waals surface area contributed by atoms with Crippen LogP contribution in [-0.2, 0) is 0 Å². The van der Waals surface area contributed by atoms with Crippen LogP contribution >= 0.6 is 0 Å². The van der Waals surface area contributed by atoms with Crippen molar-refractivity contribution in [3.8, 4) is 0 Å². The lowest BCUT2D eigenvalue weighted by Crippen LogP contribution is -2.13. The van der Waals surface area contributed by atoms with Gasteiger partial charge in [-0.1, -0.05) is 36.4 Å². The fraction of sp³-hybridized carbons (Fsp3) is 0.143. The Morgan fingerprint density at radius 2 is 1.21 bits per heavy atom. The zero-order valence-electron chi connectivity index (χ0n) is 18.8. The number of hydrogen-bond acceptors (Lipinski definition) is 5. The van der Waals surface area contributed by atoms with Crippen molar-refractivity contribution in [2.75, 3.05) is 10.6 Å². The zero-order valence-corrected chi connectivity index (χ0v) is 18.8. The minimum absolute atomic E-state index is 0.142. The first kappa shape index (κ1) is 21.1. The van der Waals surface area contributed by atoms with E-state index < -0.39 is 0 Å². The molecular formula is C28H28N4O. The lowest BCUT2D eigenvalue weighted by atomic mass is 9.97. The van der Waals surface area contributed by atoms with E-state index in [1.807, 2.05) is 74.5 Å². The molecule has 1 aromatic heterocycles. The van der Waals surface area contributed by atoms with Gasteiger partial charge in [-0.15, -0.1) is 0 Å². The summed E-state index contributed by atoms with van der Waals surface area (Å²) in [5.74, 6) is 0. The van der Waals surface area contributed by atoms with Crippen LogP contribution in [0.4, 0.5) is 22.7 Å². The summed E-state index contributed by atoms with van der Waals surface area (Å²) in [5, 5.41) is 9.29. The lowest BCUT2D eigenvalue weighted by Gasteiger charge is -2.22. The molecule has 2 atom stereocenters. The Kier molecular flexibility index (Phi) is 5.50. The van der Waals surface area contributed by atoms with E-state index in [4.69, 9.17) is 15.9 Å². The Morgan fingerprint density at radius 3 is 1.91 bits per heavy atom. The van der Waals surface area contributed by atoms with Crippen LogP contribution in [0.25, 0.3) is 21.9 Å². The van der Waals surface area contributed by atoms with Crippen molar-refractivity contribution in [3.05, 3.63) is 96.1 Å². The summed E-state index contributed by atoms with van der Waals surface area (Å²) in [6.07, 6.45) is 0. The minimum Gasteiger partial charge on any atom is -0.456 e. The predicted molar refractivity (Wildman–Crippen MR) is 138 cm³/mol. The number of fused-ring (bicyclic) bond motifs is 3. The maximum absolute atomic E-state index is 6.37. The summed E-state index contributed by atoms with van der Waals surface area (Å²) in [6, 6.07) is 28.2. The van der Waals surface area contributed by atoms with E-state index in [0.717, 1.165) is 55.8 Å². The van der Waals surface area contributed by atoms with Crippen LogP contribution < -0.4 is 22.1 Å². The monoisotopic (exact) mass is 436 g/mol. The fourth-order valence-electron chi connectivity index (χ4n) is 4.24. The van der Waals surface area contributed by atoms with Crippen LogP contribution in [0, 0.1) is 0 Å². The Hall–Kier alpha value is -3.80. The number of rotatable bonds is 6. The number of benzene rings is 4. The summed E-state index contributed by atoms with van der Waals surface area (Å²) in [6.45, 7) is 3.98. The second-order valence-electron chi connectivity index (χ2n) is 8.53. The van der Waals surface area contributed by atoms with Gasteiger partial charge >= 0.3 is 0 Å². The quantitative estimate of drug-likeness (QED) is 0.228. The molecular weight excluding hydrogens is 408 g/mol. The van der Waals surface area contributed by atoms with E-state index >= 15 is 0 Å². The molecule has 33 heavy (non-hydrogen) atoms. The molecule has 6 N–H and O–H groups in total. The highest BCUT2D eigenvalue weighted by Gasteiger charge is 2.16. The Bertz CT molecular complexity index is 1420. The largest absolute Gasteiger partial charge is 0.456 e. The fourth-order valence-corrected chi connectivity index (χ4v) is 4.24.